The lowest BCUT2D eigenvalue weighted by atomic mass is 10.1. The first-order valence-electron chi connectivity index (χ1n) is 5.33. The van der Waals surface area contributed by atoms with E-state index in [1.807, 2.05) is 6.92 Å². The van der Waals surface area contributed by atoms with Crippen LogP contribution >= 0.6 is 11.3 Å². The number of carboxylic acid groups (broad SMARTS) is 1. The minimum absolute atomic E-state index is 0.318. The lowest BCUT2D eigenvalue weighted by molar-refractivity contribution is -0.138. The Hall–Kier alpha value is -0.940. The van der Waals surface area contributed by atoms with E-state index in [-0.39, 0.29) is 0 Å². The van der Waals surface area contributed by atoms with Gasteiger partial charge in [0.2, 0.25) is 0 Å². The van der Waals surface area contributed by atoms with Crippen LogP contribution in [-0.2, 0) is 17.6 Å². The fourth-order valence-corrected chi connectivity index (χ4v) is 2.45. The Morgan fingerprint density at radius 3 is 2.62 bits per heavy atom. The quantitative estimate of drug-likeness (QED) is 0.822. The average Bonchev–Trinajstić information content (AvgIpc) is 2.45. The molecule has 0 bridgehead atoms. The molecule has 1 atom stereocenters. The molecule has 0 amide bonds. The zero-order valence-electron chi connectivity index (χ0n) is 9.86. The maximum atomic E-state index is 10.6. The highest BCUT2D eigenvalue weighted by Gasteiger charge is 2.16. The van der Waals surface area contributed by atoms with E-state index in [1.165, 1.54) is 4.88 Å². The molecule has 1 aromatic heterocycles. The monoisotopic (exact) mass is 242 g/mol. The normalized spacial score (nSPS) is 13.1. The summed E-state index contributed by atoms with van der Waals surface area (Å²) in [6.45, 7) is 6.30. The number of hydrogen-bond acceptors (Lipinski definition) is 4. The highest BCUT2D eigenvalue weighted by atomic mass is 32.1. The topological polar surface area (TPSA) is 76.2 Å². The van der Waals surface area contributed by atoms with Crippen LogP contribution in [0, 0.1) is 12.8 Å². The van der Waals surface area contributed by atoms with Crippen molar-refractivity contribution in [2.24, 2.45) is 11.7 Å². The number of carboxylic acids is 1. The Balaban J connectivity index is 2.72. The van der Waals surface area contributed by atoms with E-state index in [1.54, 1.807) is 11.3 Å². The lowest BCUT2D eigenvalue weighted by Gasteiger charge is -2.02. The van der Waals surface area contributed by atoms with Crippen LogP contribution in [0.1, 0.15) is 29.4 Å². The van der Waals surface area contributed by atoms with Crippen LogP contribution in [0.25, 0.3) is 0 Å². The maximum absolute atomic E-state index is 10.6. The maximum Gasteiger partial charge on any atom is 0.320 e. The molecule has 16 heavy (non-hydrogen) atoms. The summed E-state index contributed by atoms with van der Waals surface area (Å²) >= 11 is 1.55. The molecule has 1 rings (SSSR count). The molecular weight excluding hydrogens is 224 g/mol. The molecule has 0 aliphatic carbocycles. The Labute approximate surface area is 99.5 Å². The molecule has 1 aromatic rings. The molecule has 0 aliphatic heterocycles. The predicted molar refractivity (Wildman–Crippen MR) is 64.7 cm³/mol. The van der Waals surface area contributed by atoms with Crippen LogP contribution in [0.2, 0.25) is 0 Å². The lowest BCUT2D eigenvalue weighted by Crippen LogP contribution is -2.32. The van der Waals surface area contributed by atoms with Crippen molar-refractivity contribution in [1.82, 2.24) is 4.98 Å². The number of carbonyl (C=O) groups is 1. The van der Waals surface area contributed by atoms with Gasteiger partial charge >= 0.3 is 5.97 Å². The van der Waals surface area contributed by atoms with E-state index in [2.05, 4.69) is 18.8 Å². The van der Waals surface area contributed by atoms with E-state index in [0.717, 1.165) is 17.1 Å². The zero-order chi connectivity index (χ0) is 12.3. The predicted octanol–water partition coefficient (Wildman–Crippen LogP) is 1.60. The first kappa shape index (κ1) is 13.1. The largest absolute Gasteiger partial charge is 0.480 e. The van der Waals surface area contributed by atoms with Crippen molar-refractivity contribution in [2.45, 2.75) is 39.7 Å². The van der Waals surface area contributed by atoms with Crippen molar-refractivity contribution < 1.29 is 9.90 Å². The molecule has 4 nitrogen and oxygen atoms in total. The molecular formula is C11H18N2O2S. The van der Waals surface area contributed by atoms with Gasteiger partial charge in [-0.15, -0.1) is 11.3 Å². The van der Waals surface area contributed by atoms with Crippen LogP contribution in [0.3, 0.4) is 0 Å². The van der Waals surface area contributed by atoms with Gasteiger partial charge in [-0.2, -0.15) is 0 Å². The van der Waals surface area contributed by atoms with Crippen LogP contribution in [-0.4, -0.2) is 22.1 Å². The number of thiazole rings is 1. The first-order valence-corrected chi connectivity index (χ1v) is 6.15. The van der Waals surface area contributed by atoms with Crippen molar-refractivity contribution in [3.63, 3.8) is 0 Å². The molecule has 0 fully saturated rings. The molecule has 0 saturated carbocycles. The van der Waals surface area contributed by atoms with E-state index in [9.17, 15) is 4.79 Å². The van der Waals surface area contributed by atoms with E-state index >= 15 is 0 Å². The molecule has 0 aliphatic rings. The van der Waals surface area contributed by atoms with Gasteiger partial charge in [-0.25, -0.2) is 4.98 Å². The second-order valence-corrected chi connectivity index (χ2v) is 5.65. The van der Waals surface area contributed by atoms with Crippen molar-refractivity contribution in [3.8, 4) is 0 Å². The highest BCUT2D eigenvalue weighted by molar-refractivity contribution is 7.11. The van der Waals surface area contributed by atoms with Gasteiger partial charge in [0.15, 0.2) is 0 Å². The van der Waals surface area contributed by atoms with Crippen molar-refractivity contribution >= 4 is 17.3 Å². The summed E-state index contributed by atoms with van der Waals surface area (Å²) in [5.74, 6) is -0.417. The molecule has 5 heteroatoms. The minimum atomic E-state index is -0.974. The Morgan fingerprint density at radius 2 is 2.12 bits per heavy atom. The minimum Gasteiger partial charge on any atom is -0.480 e. The second kappa shape index (κ2) is 5.41. The smallest absolute Gasteiger partial charge is 0.320 e. The third-order valence-corrected chi connectivity index (χ3v) is 3.29. The van der Waals surface area contributed by atoms with Crippen LogP contribution in [0.4, 0.5) is 0 Å². The number of nitrogens with zero attached hydrogens (tertiary/aromatic N) is 1. The second-order valence-electron chi connectivity index (χ2n) is 4.36. The summed E-state index contributed by atoms with van der Waals surface area (Å²) in [5, 5.41) is 9.54. The van der Waals surface area contributed by atoms with Gasteiger partial charge in [0.1, 0.15) is 6.04 Å². The summed E-state index contributed by atoms with van der Waals surface area (Å²) in [4.78, 5) is 16.2. The number of aryl methyl sites for hydroxylation is 1. The average molecular weight is 242 g/mol. The van der Waals surface area contributed by atoms with Gasteiger partial charge in [0.05, 0.1) is 10.7 Å². The van der Waals surface area contributed by atoms with Crippen LogP contribution in [0.5, 0.6) is 0 Å². The molecule has 1 unspecified atom stereocenters. The number of nitrogens with two attached hydrogens (primary N) is 1. The van der Waals surface area contributed by atoms with Crippen molar-refractivity contribution in [2.75, 3.05) is 0 Å². The molecule has 0 spiro atoms. The van der Waals surface area contributed by atoms with Gasteiger partial charge in [-0.3, -0.25) is 4.79 Å². The fourth-order valence-electron chi connectivity index (χ4n) is 1.43. The standard InChI is InChI=1S/C11H18N2O2S/c1-6(2)4-9-7(3)16-10(13-9)5-8(12)11(14)15/h6,8H,4-5,12H2,1-3H3,(H,14,15). The van der Waals surface area contributed by atoms with Crippen LogP contribution in [0.15, 0.2) is 0 Å². The summed E-state index contributed by atoms with van der Waals surface area (Å²) in [6.07, 6.45) is 1.25. The summed E-state index contributed by atoms with van der Waals surface area (Å²) in [6, 6.07) is -0.850. The van der Waals surface area contributed by atoms with Gasteiger partial charge in [-0.1, -0.05) is 13.8 Å². The summed E-state index contributed by atoms with van der Waals surface area (Å²) in [7, 11) is 0. The molecule has 90 valence electrons. The highest BCUT2D eigenvalue weighted by Crippen LogP contribution is 2.21. The van der Waals surface area contributed by atoms with E-state index in [4.69, 9.17) is 10.8 Å². The molecule has 3 N–H and O–H groups in total. The molecule has 0 aromatic carbocycles. The van der Waals surface area contributed by atoms with Crippen LogP contribution < -0.4 is 5.73 Å². The Kier molecular flexibility index (Phi) is 4.44. The zero-order valence-corrected chi connectivity index (χ0v) is 10.7. The van der Waals surface area contributed by atoms with Gasteiger partial charge < -0.3 is 10.8 Å². The van der Waals surface area contributed by atoms with Gasteiger partial charge in [-0.05, 0) is 19.3 Å². The first-order chi connectivity index (χ1) is 7.40. The summed E-state index contributed by atoms with van der Waals surface area (Å²) < 4.78 is 0. The number of hydrogen-bond donors (Lipinski definition) is 2. The summed E-state index contributed by atoms with van der Waals surface area (Å²) in [5.41, 5.74) is 6.55. The van der Waals surface area contributed by atoms with Gasteiger partial charge in [0.25, 0.3) is 0 Å². The van der Waals surface area contributed by atoms with E-state index < -0.39 is 12.0 Å². The third-order valence-electron chi connectivity index (χ3n) is 2.25. The van der Waals surface area contributed by atoms with E-state index in [0.29, 0.717) is 12.3 Å². The van der Waals surface area contributed by atoms with Gasteiger partial charge in [0, 0.05) is 11.3 Å². The third kappa shape index (κ3) is 3.57. The Morgan fingerprint density at radius 1 is 1.50 bits per heavy atom. The van der Waals surface area contributed by atoms with Crippen molar-refractivity contribution in [3.05, 3.63) is 15.6 Å². The number of aromatic nitrogens is 1. The Bertz CT molecular complexity index is 374. The molecule has 0 radical (unpaired) electrons. The van der Waals surface area contributed by atoms with Crippen molar-refractivity contribution in [1.29, 1.82) is 0 Å². The SMILES string of the molecule is Cc1sc(CC(N)C(=O)O)nc1CC(C)C. The number of aliphatic carboxylic acids is 1. The fraction of sp³-hybridized carbons (Fsp3) is 0.636. The molecule has 1 heterocycles. The number of rotatable bonds is 5. The molecule has 0 saturated heterocycles.